The minimum absolute atomic E-state index is 0.0136. The molecule has 27 heavy (non-hydrogen) atoms. The van der Waals surface area contributed by atoms with Crippen LogP contribution in [0.2, 0.25) is 0 Å². The lowest BCUT2D eigenvalue weighted by Gasteiger charge is -2.38. The first-order chi connectivity index (χ1) is 12.7. The summed E-state index contributed by atoms with van der Waals surface area (Å²) in [5, 5.41) is 9.82. The van der Waals surface area contributed by atoms with E-state index in [1.54, 1.807) is 6.08 Å². The summed E-state index contributed by atoms with van der Waals surface area (Å²) >= 11 is 0. The number of hydrogen-bond donors (Lipinski definition) is 0. The molecular formula is C24H25NO2. The third kappa shape index (κ3) is 4.35. The van der Waals surface area contributed by atoms with E-state index in [-0.39, 0.29) is 5.57 Å². The molecule has 0 saturated carbocycles. The molecule has 0 N–H and O–H groups in total. The number of hydrogen-bond acceptors (Lipinski definition) is 3. The number of nitriles is 1. The van der Waals surface area contributed by atoms with Crippen LogP contribution in [0.3, 0.4) is 0 Å². The van der Waals surface area contributed by atoms with Gasteiger partial charge in [0.05, 0.1) is 0 Å². The van der Waals surface area contributed by atoms with Crippen LogP contribution in [0.1, 0.15) is 38.8 Å². The molecule has 0 radical (unpaired) electrons. The van der Waals surface area contributed by atoms with Crippen molar-refractivity contribution in [2.45, 2.75) is 33.3 Å². The van der Waals surface area contributed by atoms with Gasteiger partial charge in [-0.15, -0.1) is 6.58 Å². The highest BCUT2D eigenvalue weighted by atomic mass is 16.6. The largest absolute Gasteiger partial charge is 0.455 e. The van der Waals surface area contributed by atoms with Gasteiger partial charge in [0.2, 0.25) is 0 Å². The van der Waals surface area contributed by atoms with Crippen molar-refractivity contribution in [1.82, 2.24) is 0 Å². The van der Waals surface area contributed by atoms with Gasteiger partial charge in [0.15, 0.2) is 0 Å². The monoisotopic (exact) mass is 359 g/mol. The second kappa shape index (κ2) is 8.05. The molecule has 138 valence electrons. The molecule has 2 aromatic carbocycles. The first kappa shape index (κ1) is 20.2. The van der Waals surface area contributed by atoms with Gasteiger partial charge in [0.25, 0.3) is 0 Å². The Bertz CT molecular complexity index is 843. The highest BCUT2D eigenvalue weighted by Crippen LogP contribution is 2.36. The molecule has 0 amide bonds. The molecule has 0 spiro atoms. The van der Waals surface area contributed by atoms with Crippen molar-refractivity contribution in [1.29, 1.82) is 5.26 Å². The van der Waals surface area contributed by atoms with Crippen molar-refractivity contribution in [3.63, 3.8) is 0 Å². The Hall–Kier alpha value is -3.12. The smallest absolute Gasteiger partial charge is 0.350 e. The maximum atomic E-state index is 13.0. The average Bonchev–Trinajstić information content (AvgIpc) is 2.66. The third-order valence-electron chi connectivity index (χ3n) is 5.10. The molecule has 0 bridgehead atoms. The average molecular weight is 359 g/mol. The van der Waals surface area contributed by atoms with Gasteiger partial charge in [-0.3, -0.25) is 0 Å². The first-order valence-corrected chi connectivity index (χ1v) is 8.85. The van der Waals surface area contributed by atoms with Crippen molar-refractivity contribution in [3.8, 4) is 6.07 Å². The minimum atomic E-state index is -0.827. The van der Waals surface area contributed by atoms with Gasteiger partial charge in [-0.05, 0) is 25.0 Å². The highest BCUT2D eigenvalue weighted by Gasteiger charge is 2.39. The molecule has 0 saturated heterocycles. The minimum Gasteiger partial charge on any atom is -0.455 e. The van der Waals surface area contributed by atoms with Crippen molar-refractivity contribution >= 4 is 11.5 Å². The van der Waals surface area contributed by atoms with E-state index in [0.29, 0.717) is 5.57 Å². The predicted octanol–water partition coefficient (Wildman–Crippen LogP) is 5.55. The van der Waals surface area contributed by atoms with Crippen LogP contribution in [-0.4, -0.2) is 11.6 Å². The maximum absolute atomic E-state index is 13.0. The Morgan fingerprint density at radius 3 is 1.78 bits per heavy atom. The number of esters is 1. The molecule has 0 fully saturated rings. The summed E-state index contributed by atoms with van der Waals surface area (Å²) in [6.45, 7) is 11.4. The van der Waals surface area contributed by atoms with Crippen LogP contribution in [0, 0.1) is 16.7 Å². The van der Waals surface area contributed by atoms with Crippen molar-refractivity contribution in [2.24, 2.45) is 5.41 Å². The fraction of sp³-hybridized carbons (Fsp3) is 0.250. The lowest BCUT2D eigenvalue weighted by molar-refractivity contribution is -0.159. The summed E-state index contributed by atoms with van der Waals surface area (Å²) in [5.41, 5.74) is 0.849. The summed E-state index contributed by atoms with van der Waals surface area (Å²) < 4.78 is 5.78. The Labute approximate surface area is 161 Å². The molecule has 0 aliphatic heterocycles. The quantitative estimate of drug-likeness (QED) is 0.294. The molecule has 0 aliphatic carbocycles. The Morgan fingerprint density at radius 1 is 0.963 bits per heavy atom. The van der Waals surface area contributed by atoms with Crippen LogP contribution in [0.4, 0.5) is 0 Å². The molecule has 3 heteroatoms. The van der Waals surface area contributed by atoms with Crippen molar-refractivity contribution in [2.75, 3.05) is 0 Å². The number of benzene rings is 2. The van der Waals surface area contributed by atoms with E-state index in [1.165, 1.54) is 0 Å². The highest BCUT2D eigenvalue weighted by molar-refractivity contribution is 6.05. The van der Waals surface area contributed by atoms with Crippen molar-refractivity contribution in [3.05, 3.63) is 90.0 Å². The Balaban J connectivity index is 2.60. The van der Waals surface area contributed by atoms with E-state index in [2.05, 4.69) is 12.6 Å². The van der Waals surface area contributed by atoms with Crippen LogP contribution < -0.4 is 0 Å². The molecule has 0 atom stereocenters. The summed E-state index contributed by atoms with van der Waals surface area (Å²) in [6, 6.07) is 20.9. The fourth-order valence-corrected chi connectivity index (χ4v) is 2.53. The fourth-order valence-electron chi connectivity index (χ4n) is 2.53. The zero-order valence-corrected chi connectivity index (χ0v) is 16.3. The van der Waals surface area contributed by atoms with E-state index in [1.807, 2.05) is 88.4 Å². The van der Waals surface area contributed by atoms with Gasteiger partial charge in [-0.1, -0.05) is 80.6 Å². The Kier molecular flexibility index (Phi) is 6.02. The number of rotatable bonds is 6. The number of ether oxygens (including phenoxy) is 1. The molecule has 3 nitrogen and oxygen atoms in total. The number of carbonyl (C=O) groups excluding carboxylic acids is 1. The van der Waals surface area contributed by atoms with Crippen LogP contribution in [0.5, 0.6) is 0 Å². The first-order valence-electron chi connectivity index (χ1n) is 8.85. The zero-order valence-electron chi connectivity index (χ0n) is 16.3. The predicted molar refractivity (Wildman–Crippen MR) is 109 cm³/mol. The van der Waals surface area contributed by atoms with Crippen molar-refractivity contribution < 1.29 is 9.53 Å². The van der Waals surface area contributed by atoms with Gasteiger partial charge < -0.3 is 4.74 Å². The van der Waals surface area contributed by atoms with Gasteiger partial charge in [0.1, 0.15) is 17.2 Å². The molecular weight excluding hydrogens is 334 g/mol. The molecule has 0 aromatic heterocycles. The van der Waals surface area contributed by atoms with Gasteiger partial charge in [-0.2, -0.15) is 5.26 Å². The summed E-state index contributed by atoms with van der Waals surface area (Å²) in [5.74, 6) is -0.639. The van der Waals surface area contributed by atoms with Crippen LogP contribution >= 0.6 is 0 Å². The van der Waals surface area contributed by atoms with Gasteiger partial charge in [0, 0.05) is 11.0 Å². The lowest BCUT2D eigenvalue weighted by Crippen LogP contribution is -2.42. The summed E-state index contributed by atoms with van der Waals surface area (Å²) in [6.07, 6.45) is 1.76. The molecule has 0 aliphatic rings. The standard InChI is InChI=1S/C24H25NO2/c1-6-23(2,3)24(4,5)27-22(26)20(17-25)21(18-13-9-7-10-14-18)19-15-11-8-12-16-19/h6-16H,1H2,2-5H3. The number of nitrogens with zero attached hydrogens (tertiary/aromatic N) is 1. The second-order valence-electron chi connectivity index (χ2n) is 7.42. The topological polar surface area (TPSA) is 50.1 Å². The Morgan fingerprint density at radius 2 is 1.41 bits per heavy atom. The van der Waals surface area contributed by atoms with Gasteiger partial charge in [-0.25, -0.2) is 4.79 Å². The van der Waals surface area contributed by atoms with E-state index in [4.69, 9.17) is 4.74 Å². The van der Waals surface area contributed by atoms with E-state index in [0.717, 1.165) is 11.1 Å². The lowest BCUT2D eigenvalue weighted by atomic mass is 9.77. The summed E-state index contributed by atoms with van der Waals surface area (Å²) in [4.78, 5) is 13.0. The number of carbonyl (C=O) groups is 1. The molecule has 0 heterocycles. The molecule has 2 rings (SSSR count). The normalized spacial score (nSPS) is 11.2. The van der Waals surface area contributed by atoms with Crippen LogP contribution in [0.15, 0.2) is 78.9 Å². The molecule has 0 unspecified atom stereocenters. The zero-order chi connectivity index (χ0) is 20.1. The summed E-state index contributed by atoms with van der Waals surface area (Å²) in [7, 11) is 0. The van der Waals surface area contributed by atoms with E-state index < -0.39 is 17.0 Å². The van der Waals surface area contributed by atoms with E-state index >= 15 is 0 Å². The van der Waals surface area contributed by atoms with Gasteiger partial charge >= 0.3 is 5.97 Å². The van der Waals surface area contributed by atoms with E-state index in [9.17, 15) is 10.1 Å². The SMILES string of the molecule is C=CC(C)(C)C(C)(C)OC(=O)C(C#N)=C(c1ccccc1)c1ccccc1. The third-order valence-corrected chi connectivity index (χ3v) is 5.10. The molecule has 2 aromatic rings. The van der Waals surface area contributed by atoms with Crippen LogP contribution in [-0.2, 0) is 9.53 Å². The maximum Gasteiger partial charge on any atom is 0.350 e. The van der Waals surface area contributed by atoms with Crippen LogP contribution in [0.25, 0.3) is 5.57 Å². The second-order valence-corrected chi connectivity index (χ2v) is 7.42.